The minimum absolute atomic E-state index is 0.118. The molecule has 5 heteroatoms. The van der Waals surface area contributed by atoms with Gasteiger partial charge in [0.15, 0.2) is 0 Å². The van der Waals surface area contributed by atoms with Gasteiger partial charge in [0.05, 0.1) is 7.11 Å². The van der Waals surface area contributed by atoms with E-state index in [0.717, 1.165) is 62.7 Å². The molecule has 0 bridgehead atoms. The number of piperazine rings is 1. The Hall–Kier alpha value is -2.04. The quantitative estimate of drug-likeness (QED) is 0.704. The number of carbonyl (C=O) groups excluding carboxylic acids is 2. The second kappa shape index (κ2) is 9.19. The molecule has 29 heavy (non-hydrogen) atoms. The highest BCUT2D eigenvalue weighted by Gasteiger charge is 2.45. The Balaban J connectivity index is 1.66. The van der Waals surface area contributed by atoms with E-state index in [1.165, 1.54) is 19.3 Å². The number of rotatable bonds is 4. The number of methoxy groups -OCH3 is 1. The summed E-state index contributed by atoms with van der Waals surface area (Å²) in [5.74, 6) is 1.02. The smallest absolute Gasteiger partial charge is 0.250 e. The third-order valence-electron chi connectivity index (χ3n) is 7.05. The van der Waals surface area contributed by atoms with Crippen LogP contribution < -0.4 is 4.74 Å². The molecule has 1 aromatic rings. The van der Waals surface area contributed by atoms with Gasteiger partial charge < -0.3 is 14.5 Å². The van der Waals surface area contributed by atoms with Crippen molar-refractivity contribution in [2.45, 2.75) is 88.8 Å². The minimum atomic E-state index is -0.492. The number of carbonyl (C=O) groups is 2. The Labute approximate surface area is 174 Å². The van der Waals surface area contributed by atoms with E-state index >= 15 is 0 Å². The van der Waals surface area contributed by atoms with Crippen molar-refractivity contribution in [3.63, 3.8) is 0 Å². The van der Waals surface area contributed by atoms with Gasteiger partial charge in [0.25, 0.3) is 5.91 Å². The summed E-state index contributed by atoms with van der Waals surface area (Å²) in [5.41, 5.74) is 0.910. The van der Waals surface area contributed by atoms with Crippen molar-refractivity contribution in [1.82, 2.24) is 9.80 Å². The third kappa shape index (κ3) is 4.29. The van der Waals surface area contributed by atoms with Gasteiger partial charge >= 0.3 is 0 Å². The Morgan fingerprint density at radius 3 is 1.93 bits per heavy atom. The molecule has 3 aliphatic rings. The van der Waals surface area contributed by atoms with Crippen LogP contribution in [0.1, 0.15) is 82.2 Å². The van der Waals surface area contributed by atoms with E-state index in [-0.39, 0.29) is 30.4 Å². The molecule has 0 aromatic heterocycles. The fraction of sp³-hybridized carbons (Fsp3) is 0.667. The van der Waals surface area contributed by atoms with Crippen LogP contribution in [0.3, 0.4) is 0 Å². The van der Waals surface area contributed by atoms with E-state index in [2.05, 4.69) is 0 Å². The molecule has 4 rings (SSSR count). The van der Waals surface area contributed by atoms with Crippen LogP contribution in [0.25, 0.3) is 0 Å². The standard InChI is InChI=1S/C24H34N2O3/c1-29-21-15-13-18(14-16-21)23-24(28)25(19-9-5-2-3-6-10-19)17-22(27)26(23)20-11-7-4-8-12-20/h13-16,19-20,23H,2-12,17H2,1H3/t23-/m0/s1. The highest BCUT2D eigenvalue weighted by atomic mass is 16.5. The average molecular weight is 399 g/mol. The second-order valence-electron chi connectivity index (χ2n) is 8.88. The van der Waals surface area contributed by atoms with Crippen molar-refractivity contribution in [1.29, 1.82) is 0 Å². The van der Waals surface area contributed by atoms with Gasteiger partial charge in [-0.3, -0.25) is 9.59 Å². The van der Waals surface area contributed by atoms with Crippen LogP contribution in [0.2, 0.25) is 0 Å². The van der Waals surface area contributed by atoms with Crippen molar-refractivity contribution in [3.8, 4) is 5.75 Å². The summed E-state index contributed by atoms with van der Waals surface area (Å²) in [4.78, 5) is 31.0. The van der Waals surface area contributed by atoms with Crippen LogP contribution in [0.4, 0.5) is 0 Å². The molecule has 0 unspecified atom stereocenters. The summed E-state index contributed by atoms with van der Waals surface area (Å²) in [6, 6.07) is 7.62. The monoisotopic (exact) mass is 398 g/mol. The van der Waals surface area contributed by atoms with Crippen molar-refractivity contribution in [2.75, 3.05) is 13.7 Å². The van der Waals surface area contributed by atoms with E-state index < -0.39 is 6.04 Å². The van der Waals surface area contributed by atoms with Gasteiger partial charge in [-0.25, -0.2) is 0 Å². The third-order valence-corrected chi connectivity index (χ3v) is 7.05. The van der Waals surface area contributed by atoms with Gasteiger partial charge in [0, 0.05) is 12.1 Å². The summed E-state index contributed by atoms with van der Waals surface area (Å²) in [6.45, 7) is 0.257. The van der Waals surface area contributed by atoms with E-state index in [4.69, 9.17) is 4.74 Å². The van der Waals surface area contributed by atoms with E-state index in [9.17, 15) is 9.59 Å². The Morgan fingerprint density at radius 2 is 1.34 bits per heavy atom. The molecular weight excluding hydrogens is 364 g/mol. The molecule has 158 valence electrons. The minimum Gasteiger partial charge on any atom is -0.497 e. The van der Waals surface area contributed by atoms with Crippen molar-refractivity contribution in [3.05, 3.63) is 29.8 Å². The van der Waals surface area contributed by atoms with E-state index in [1.807, 2.05) is 34.1 Å². The van der Waals surface area contributed by atoms with Crippen LogP contribution in [-0.2, 0) is 9.59 Å². The molecule has 1 saturated heterocycles. The predicted molar refractivity (Wildman–Crippen MR) is 113 cm³/mol. The molecule has 3 fully saturated rings. The van der Waals surface area contributed by atoms with Gasteiger partial charge in [-0.2, -0.15) is 0 Å². The summed E-state index contributed by atoms with van der Waals surface area (Å²) in [5, 5.41) is 0. The molecule has 2 aliphatic carbocycles. The Bertz CT molecular complexity index is 703. The lowest BCUT2D eigenvalue weighted by Crippen LogP contribution is -2.60. The first-order valence-electron chi connectivity index (χ1n) is 11.4. The first kappa shape index (κ1) is 20.2. The van der Waals surface area contributed by atoms with Crippen LogP contribution in [-0.4, -0.2) is 47.4 Å². The maximum Gasteiger partial charge on any atom is 0.250 e. The SMILES string of the molecule is COc1ccc([C@H]2C(=O)N(C3CCCCCC3)CC(=O)N2C2CCCCC2)cc1. The van der Waals surface area contributed by atoms with Crippen LogP contribution in [0.15, 0.2) is 24.3 Å². The number of amides is 2. The number of nitrogens with zero attached hydrogens (tertiary/aromatic N) is 2. The molecule has 5 nitrogen and oxygen atoms in total. The maximum absolute atomic E-state index is 13.8. The zero-order valence-electron chi connectivity index (χ0n) is 17.6. The molecule has 2 amide bonds. The molecule has 1 heterocycles. The largest absolute Gasteiger partial charge is 0.497 e. The summed E-state index contributed by atoms with van der Waals surface area (Å²) in [7, 11) is 1.65. The summed E-state index contributed by atoms with van der Waals surface area (Å²) < 4.78 is 5.30. The number of benzene rings is 1. The maximum atomic E-state index is 13.8. The van der Waals surface area contributed by atoms with Crippen molar-refractivity contribution in [2.24, 2.45) is 0 Å². The van der Waals surface area contributed by atoms with Gasteiger partial charge in [-0.1, -0.05) is 57.1 Å². The topological polar surface area (TPSA) is 49.9 Å². The molecule has 1 aromatic carbocycles. The predicted octanol–water partition coefficient (Wildman–Crippen LogP) is 4.46. The van der Waals surface area contributed by atoms with Gasteiger partial charge in [0.1, 0.15) is 18.3 Å². The Morgan fingerprint density at radius 1 is 0.793 bits per heavy atom. The average Bonchev–Trinajstić information content (AvgIpc) is 3.05. The fourth-order valence-corrected chi connectivity index (χ4v) is 5.47. The van der Waals surface area contributed by atoms with E-state index in [0.29, 0.717) is 0 Å². The van der Waals surface area contributed by atoms with Crippen LogP contribution in [0.5, 0.6) is 5.75 Å². The van der Waals surface area contributed by atoms with Crippen LogP contribution in [0, 0.1) is 0 Å². The highest BCUT2D eigenvalue weighted by Crippen LogP contribution is 2.37. The molecule has 2 saturated carbocycles. The highest BCUT2D eigenvalue weighted by molar-refractivity contribution is 5.96. The number of ether oxygens (including phenoxy) is 1. The van der Waals surface area contributed by atoms with Gasteiger partial charge in [-0.15, -0.1) is 0 Å². The lowest BCUT2D eigenvalue weighted by molar-refractivity contribution is -0.162. The first-order chi connectivity index (χ1) is 14.2. The first-order valence-corrected chi connectivity index (χ1v) is 11.4. The van der Waals surface area contributed by atoms with E-state index in [1.54, 1.807) is 7.11 Å². The zero-order chi connectivity index (χ0) is 20.2. The zero-order valence-corrected chi connectivity index (χ0v) is 17.6. The molecule has 0 N–H and O–H groups in total. The molecule has 0 spiro atoms. The normalized spacial score (nSPS) is 25.2. The second-order valence-corrected chi connectivity index (χ2v) is 8.88. The lowest BCUT2D eigenvalue weighted by Gasteiger charge is -2.47. The summed E-state index contributed by atoms with van der Waals surface area (Å²) in [6.07, 6.45) is 12.4. The fourth-order valence-electron chi connectivity index (χ4n) is 5.47. The molecule has 0 radical (unpaired) electrons. The van der Waals surface area contributed by atoms with Gasteiger partial charge in [0.2, 0.25) is 5.91 Å². The van der Waals surface area contributed by atoms with Crippen molar-refractivity contribution >= 4 is 11.8 Å². The van der Waals surface area contributed by atoms with Crippen molar-refractivity contribution < 1.29 is 14.3 Å². The molecule has 1 atom stereocenters. The summed E-state index contributed by atoms with van der Waals surface area (Å²) >= 11 is 0. The lowest BCUT2D eigenvalue weighted by atomic mass is 9.89. The number of hydrogen-bond donors (Lipinski definition) is 0. The molecular formula is C24H34N2O3. The van der Waals surface area contributed by atoms with Gasteiger partial charge in [-0.05, 0) is 43.4 Å². The number of hydrogen-bond acceptors (Lipinski definition) is 3. The Kier molecular flexibility index (Phi) is 6.41. The molecule has 1 aliphatic heterocycles. The van der Waals surface area contributed by atoms with Crippen LogP contribution >= 0.6 is 0 Å².